The Morgan fingerprint density at radius 2 is 1.96 bits per heavy atom. The molecule has 0 aromatic carbocycles. The fraction of sp³-hybridized carbons (Fsp3) is 0.667. The van der Waals surface area contributed by atoms with E-state index in [2.05, 4.69) is 0 Å². The molecule has 7 nitrogen and oxygen atoms in total. The molecule has 136 valence electrons. The van der Waals surface area contributed by atoms with E-state index in [1.165, 1.54) is 17.2 Å². The number of aromatic nitrogens is 2. The van der Waals surface area contributed by atoms with Crippen LogP contribution < -0.4 is 11.2 Å². The molecule has 0 unspecified atom stereocenters. The van der Waals surface area contributed by atoms with Crippen molar-refractivity contribution in [1.29, 1.82) is 5.26 Å². The molecule has 0 radical (unpaired) electrons. The van der Waals surface area contributed by atoms with Crippen molar-refractivity contribution in [2.75, 3.05) is 0 Å². The third-order valence-electron chi connectivity index (χ3n) is 4.80. The van der Waals surface area contributed by atoms with Gasteiger partial charge in [0.15, 0.2) is 0 Å². The highest BCUT2D eigenvalue weighted by Crippen LogP contribution is 2.24. The minimum atomic E-state index is -0.696. The molecule has 0 N–H and O–H groups in total. The predicted molar refractivity (Wildman–Crippen MR) is 94.2 cm³/mol. The Kier molecular flexibility index (Phi) is 6.18. The summed E-state index contributed by atoms with van der Waals surface area (Å²) < 4.78 is 2.18. The van der Waals surface area contributed by atoms with Gasteiger partial charge in [-0.1, -0.05) is 19.3 Å². The van der Waals surface area contributed by atoms with Crippen molar-refractivity contribution in [1.82, 2.24) is 14.0 Å². The lowest BCUT2D eigenvalue weighted by Crippen LogP contribution is -2.50. The third kappa shape index (κ3) is 4.01. The van der Waals surface area contributed by atoms with Gasteiger partial charge in [0, 0.05) is 24.8 Å². The van der Waals surface area contributed by atoms with E-state index in [1.807, 2.05) is 19.9 Å². The van der Waals surface area contributed by atoms with Crippen LogP contribution in [0.15, 0.2) is 15.8 Å². The van der Waals surface area contributed by atoms with E-state index >= 15 is 0 Å². The van der Waals surface area contributed by atoms with Crippen LogP contribution in [0.1, 0.15) is 58.4 Å². The van der Waals surface area contributed by atoms with Gasteiger partial charge in [-0.05, 0) is 33.6 Å². The Morgan fingerprint density at radius 1 is 1.32 bits per heavy atom. The predicted octanol–water partition coefficient (Wildman–Crippen LogP) is 1.47. The molecule has 0 saturated heterocycles. The maximum atomic E-state index is 12.9. The molecule has 1 heterocycles. The van der Waals surface area contributed by atoms with Crippen molar-refractivity contribution in [3.05, 3.63) is 32.6 Å². The van der Waals surface area contributed by atoms with E-state index in [4.69, 9.17) is 5.26 Å². The first-order chi connectivity index (χ1) is 11.9. The lowest BCUT2D eigenvalue weighted by molar-refractivity contribution is -0.137. The van der Waals surface area contributed by atoms with E-state index < -0.39 is 11.2 Å². The molecule has 2 rings (SSSR count). The largest absolute Gasteiger partial charge is 0.336 e. The van der Waals surface area contributed by atoms with Crippen molar-refractivity contribution in [3.63, 3.8) is 0 Å². The number of hydrogen-bond acceptors (Lipinski definition) is 4. The van der Waals surface area contributed by atoms with Crippen molar-refractivity contribution < 1.29 is 4.79 Å². The van der Waals surface area contributed by atoms with E-state index in [9.17, 15) is 14.4 Å². The molecule has 7 heteroatoms. The molecule has 0 spiro atoms. The minimum absolute atomic E-state index is 0.00106. The fourth-order valence-electron chi connectivity index (χ4n) is 3.59. The summed E-state index contributed by atoms with van der Waals surface area (Å²) in [4.78, 5) is 39.5. The molecule has 1 aromatic heterocycles. The monoisotopic (exact) mass is 346 g/mol. The average Bonchev–Trinajstić information content (AvgIpc) is 2.59. The zero-order valence-electron chi connectivity index (χ0n) is 15.2. The van der Waals surface area contributed by atoms with Crippen molar-refractivity contribution in [2.24, 2.45) is 0 Å². The van der Waals surface area contributed by atoms with Crippen LogP contribution in [0.5, 0.6) is 0 Å². The number of carbonyl (C=O) groups is 1. The Hall–Kier alpha value is -2.36. The van der Waals surface area contributed by atoms with E-state index in [-0.39, 0.29) is 30.1 Å². The van der Waals surface area contributed by atoms with Gasteiger partial charge in [-0.15, -0.1) is 0 Å². The number of carbonyl (C=O) groups excluding carboxylic acids is 1. The summed E-state index contributed by atoms with van der Waals surface area (Å²) >= 11 is 0. The van der Waals surface area contributed by atoms with Gasteiger partial charge in [-0.2, -0.15) is 5.26 Å². The van der Waals surface area contributed by atoms with Crippen LogP contribution in [-0.2, 0) is 17.9 Å². The second kappa shape index (κ2) is 8.15. The van der Waals surface area contributed by atoms with E-state index in [0.29, 0.717) is 6.54 Å². The maximum absolute atomic E-state index is 12.9. The zero-order chi connectivity index (χ0) is 18.6. The summed E-state index contributed by atoms with van der Waals surface area (Å²) in [5, 5.41) is 9.12. The molecule has 0 atom stereocenters. The van der Waals surface area contributed by atoms with Gasteiger partial charge in [0.2, 0.25) is 5.91 Å². The standard InChI is InChI=1S/C18H26N4O3/c1-4-20-11-14(10-19)17(24)21(18(20)25)12-16(23)22(13(2)3)15-8-6-5-7-9-15/h11,13,15H,4-9,12H2,1-3H3. The van der Waals surface area contributed by atoms with Crippen LogP contribution in [0.4, 0.5) is 0 Å². The summed E-state index contributed by atoms with van der Waals surface area (Å²) in [6.07, 6.45) is 6.53. The van der Waals surface area contributed by atoms with Gasteiger partial charge < -0.3 is 4.90 Å². The van der Waals surface area contributed by atoms with Gasteiger partial charge in [-0.25, -0.2) is 9.36 Å². The summed E-state index contributed by atoms with van der Waals surface area (Å²) in [5.74, 6) is -0.237. The number of aryl methyl sites for hydroxylation is 1. The van der Waals surface area contributed by atoms with Crippen LogP contribution in [0.25, 0.3) is 0 Å². The Morgan fingerprint density at radius 3 is 2.48 bits per heavy atom. The first-order valence-electron chi connectivity index (χ1n) is 8.96. The van der Waals surface area contributed by atoms with Crippen LogP contribution in [-0.4, -0.2) is 32.0 Å². The van der Waals surface area contributed by atoms with Crippen LogP contribution in [0.3, 0.4) is 0 Å². The Labute approximate surface area is 147 Å². The first kappa shape index (κ1) is 19.0. The second-order valence-corrected chi connectivity index (χ2v) is 6.80. The summed E-state index contributed by atoms with van der Waals surface area (Å²) in [5.41, 5.74) is -1.37. The molecule has 0 aliphatic heterocycles. The number of amides is 1. The highest BCUT2D eigenvalue weighted by molar-refractivity contribution is 5.76. The number of nitrogens with zero attached hydrogens (tertiary/aromatic N) is 4. The van der Waals surface area contributed by atoms with Gasteiger partial charge in [0.05, 0.1) is 0 Å². The van der Waals surface area contributed by atoms with Crippen molar-refractivity contribution >= 4 is 5.91 Å². The molecular formula is C18H26N4O3. The van der Waals surface area contributed by atoms with Crippen LogP contribution >= 0.6 is 0 Å². The lowest BCUT2D eigenvalue weighted by atomic mass is 9.93. The molecule has 1 fully saturated rings. The average molecular weight is 346 g/mol. The lowest BCUT2D eigenvalue weighted by Gasteiger charge is -2.37. The van der Waals surface area contributed by atoms with Crippen LogP contribution in [0.2, 0.25) is 0 Å². The summed E-state index contributed by atoms with van der Waals surface area (Å²) in [6.45, 7) is 5.67. The normalized spacial score (nSPS) is 15.2. The quantitative estimate of drug-likeness (QED) is 0.808. The van der Waals surface area contributed by atoms with Crippen molar-refractivity contribution in [3.8, 4) is 6.07 Å². The fourth-order valence-corrected chi connectivity index (χ4v) is 3.59. The highest BCUT2D eigenvalue weighted by Gasteiger charge is 2.28. The minimum Gasteiger partial charge on any atom is -0.336 e. The molecule has 1 aliphatic carbocycles. The maximum Gasteiger partial charge on any atom is 0.331 e. The summed E-state index contributed by atoms with van der Waals surface area (Å²) in [6, 6.07) is 1.96. The number of nitriles is 1. The molecule has 1 aliphatic rings. The zero-order valence-corrected chi connectivity index (χ0v) is 15.2. The smallest absolute Gasteiger partial charge is 0.331 e. The summed E-state index contributed by atoms with van der Waals surface area (Å²) in [7, 11) is 0. The molecule has 25 heavy (non-hydrogen) atoms. The number of hydrogen-bond donors (Lipinski definition) is 0. The topological polar surface area (TPSA) is 88.1 Å². The first-order valence-corrected chi connectivity index (χ1v) is 8.96. The van der Waals surface area contributed by atoms with Crippen LogP contribution in [0, 0.1) is 11.3 Å². The Bertz CT molecular complexity index is 779. The van der Waals surface area contributed by atoms with Crippen molar-refractivity contribution in [2.45, 2.75) is 78.0 Å². The molecule has 1 amide bonds. The SMILES string of the molecule is CCn1cc(C#N)c(=O)n(CC(=O)N(C(C)C)C2CCCCC2)c1=O. The second-order valence-electron chi connectivity index (χ2n) is 6.80. The van der Waals surface area contributed by atoms with E-state index in [1.54, 1.807) is 11.8 Å². The molecule has 0 bridgehead atoms. The van der Waals surface area contributed by atoms with Gasteiger partial charge in [0.1, 0.15) is 18.2 Å². The highest BCUT2D eigenvalue weighted by atomic mass is 16.2. The van der Waals surface area contributed by atoms with Gasteiger partial charge in [0.25, 0.3) is 5.56 Å². The van der Waals surface area contributed by atoms with Gasteiger partial charge in [-0.3, -0.25) is 14.2 Å². The molecule has 1 saturated carbocycles. The molecular weight excluding hydrogens is 320 g/mol. The number of rotatable bonds is 5. The van der Waals surface area contributed by atoms with E-state index in [0.717, 1.165) is 30.3 Å². The molecule has 1 aromatic rings. The Balaban J connectivity index is 2.37. The third-order valence-corrected chi connectivity index (χ3v) is 4.80. The van der Waals surface area contributed by atoms with Gasteiger partial charge >= 0.3 is 5.69 Å².